The summed E-state index contributed by atoms with van der Waals surface area (Å²) in [7, 11) is -5.33. The molecule has 3 aliphatic heterocycles. The van der Waals surface area contributed by atoms with Crippen molar-refractivity contribution in [3.8, 4) is 0 Å². The molecule has 5 rings (SSSR count). The summed E-state index contributed by atoms with van der Waals surface area (Å²) in [6.07, 6.45) is 2.51. The number of nitrogens with zero attached hydrogens (tertiary/aromatic N) is 2. The van der Waals surface area contributed by atoms with Gasteiger partial charge in [-0.25, -0.2) is 13.2 Å². The smallest absolute Gasteiger partial charge is 0.369 e. The van der Waals surface area contributed by atoms with Crippen LogP contribution in [0, 0.1) is 11.3 Å². The first-order valence-corrected chi connectivity index (χ1v) is 12.2. The Kier molecular flexibility index (Phi) is 4.99. The molecule has 3 amide bonds. The zero-order valence-electron chi connectivity index (χ0n) is 17.7. The number of morpholine rings is 1. The standard InChI is InChI=1S/C21H24F3N3O5S/c22-21(23,24)33(30,31)16-3-1-14(2-4-16)5-15-6-19(7-15)9-26(10-19)18(29)27-11-20(12-27)13-32-8-17(28)25-20/h1-4,15H,5-13H2,(H,25,28). The van der Waals surface area contributed by atoms with E-state index < -0.39 is 25.8 Å². The third kappa shape index (κ3) is 3.86. The van der Waals surface area contributed by atoms with Gasteiger partial charge in [-0.15, -0.1) is 0 Å². The van der Waals surface area contributed by atoms with Gasteiger partial charge in [0.1, 0.15) is 6.61 Å². The molecule has 1 N–H and O–H groups in total. The van der Waals surface area contributed by atoms with Gasteiger partial charge >= 0.3 is 11.5 Å². The summed E-state index contributed by atoms with van der Waals surface area (Å²) >= 11 is 0. The molecular formula is C21H24F3N3O5S. The van der Waals surface area contributed by atoms with Crippen molar-refractivity contribution in [3.63, 3.8) is 0 Å². The fourth-order valence-corrected chi connectivity index (χ4v) is 6.40. The molecule has 8 nitrogen and oxygen atoms in total. The van der Waals surface area contributed by atoms with Crippen LogP contribution in [0.5, 0.6) is 0 Å². The fourth-order valence-electron chi connectivity index (χ4n) is 5.63. The lowest BCUT2D eigenvalue weighted by Gasteiger charge is -2.61. The maximum absolute atomic E-state index is 12.7. The van der Waals surface area contributed by atoms with Gasteiger partial charge < -0.3 is 19.9 Å². The van der Waals surface area contributed by atoms with Crippen molar-refractivity contribution in [2.75, 3.05) is 39.4 Å². The third-order valence-electron chi connectivity index (χ3n) is 7.10. The first kappa shape index (κ1) is 22.5. The largest absolute Gasteiger partial charge is 0.501 e. The van der Waals surface area contributed by atoms with Crippen molar-refractivity contribution in [2.45, 2.75) is 35.2 Å². The minimum absolute atomic E-state index is 0.0315. The van der Waals surface area contributed by atoms with Gasteiger partial charge in [-0.2, -0.15) is 13.2 Å². The van der Waals surface area contributed by atoms with E-state index in [9.17, 15) is 31.2 Å². The summed E-state index contributed by atoms with van der Waals surface area (Å²) in [5.41, 5.74) is -4.86. The summed E-state index contributed by atoms with van der Waals surface area (Å²) in [4.78, 5) is 27.0. The van der Waals surface area contributed by atoms with Crippen LogP contribution >= 0.6 is 0 Å². The molecular weight excluding hydrogens is 463 g/mol. The number of carbonyl (C=O) groups excluding carboxylic acids is 2. The van der Waals surface area contributed by atoms with Crippen molar-refractivity contribution < 1.29 is 35.9 Å². The Labute approximate surface area is 189 Å². The molecule has 3 saturated heterocycles. The molecule has 33 heavy (non-hydrogen) atoms. The monoisotopic (exact) mass is 487 g/mol. The second-order valence-corrected chi connectivity index (χ2v) is 11.8. The van der Waals surface area contributed by atoms with E-state index in [4.69, 9.17) is 4.74 Å². The summed E-state index contributed by atoms with van der Waals surface area (Å²) in [5, 5.41) is 2.91. The second kappa shape index (κ2) is 7.33. The Balaban J connectivity index is 1.07. The zero-order valence-corrected chi connectivity index (χ0v) is 18.5. The number of urea groups is 1. The molecule has 12 heteroatoms. The molecule has 180 valence electrons. The van der Waals surface area contributed by atoms with Gasteiger partial charge in [0.05, 0.1) is 17.0 Å². The highest BCUT2D eigenvalue weighted by Crippen LogP contribution is 2.53. The van der Waals surface area contributed by atoms with Crippen LogP contribution in [0.2, 0.25) is 0 Å². The highest BCUT2D eigenvalue weighted by atomic mass is 32.2. The Bertz CT molecular complexity index is 1070. The average Bonchev–Trinajstić information content (AvgIpc) is 2.66. The van der Waals surface area contributed by atoms with E-state index in [2.05, 4.69) is 5.32 Å². The first-order valence-electron chi connectivity index (χ1n) is 10.7. The number of hydrogen-bond donors (Lipinski definition) is 1. The Morgan fingerprint density at radius 3 is 2.27 bits per heavy atom. The van der Waals surface area contributed by atoms with Gasteiger partial charge in [0.15, 0.2) is 0 Å². The Morgan fingerprint density at radius 2 is 1.70 bits per heavy atom. The van der Waals surface area contributed by atoms with Gasteiger partial charge in [0, 0.05) is 31.6 Å². The first-order chi connectivity index (χ1) is 15.4. The van der Waals surface area contributed by atoms with E-state index in [0.717, 1.165) is 30.5 Å². The second-order valence-electron chi connectivity index (χ2n) is 9.89. The van der Waals surface area contributed by atoms with Crippen LogP contribution in [-0.4, -0.2) is 80.6 Å². The third-order valence-corrected chi connectivity index (χ3v) is 8.61. The number of benzene rings is 1. The van der Waals surface area contributed by atoms with Crippen molar-refractivity contribution in [1.82, 2.24) is 15.1 Å². The molecule has 0 unspecified atom stereocenters. The van der Waals surface area contributed by atoms with Gasteiger partial charge in [-0.3, -0.25) is 4.79 Å². The highest BCUT2D eigenvalue weighted by molar-refractivity contribution is 7.92. The minimum atomic E-state index is -5.33. The van der Waals surface area contributed by atoms with E-state index in [1.54, 1.807) is 4.90 Å². The zero-order chi connectivity index (χ0) is 23.6. The Morgan fingerprint density at radius 1 is 1.09 bits per heavy atom. The van der Waals surface area contributed by atoms with E-state index in [0.29, 0.717) is 45.1 Å². The lowest BCUT2D eigenvalue weighted by Crippen LogP contribution is -2.78. The van der Waals surface area contributed by atoms with E-state index in [-0.39, 0.29) is 24.0 Å². The number of ether oxygens (including phenoxy) is 1. The van der Waals surface area contributed by atoms with Crippen LogP contribution < -0.4 is 5.32 Å². The molecule has 4 fully saturated rings. The molecule has 1 saturated carbocycles. The number of hydrogen-bond acceptors (Lipinski definition) is 5. The molecule has 3 heterocycles. The summed E-state index contributed by atoms with van der Waals surface area (Å²) in [6, 6.07) is 4.86. The fraction of sp³-hybridized carbons (Fsp3) is 0.619. The predicted molar refractivity (Wildman–Crippen MR) is 109 cm³/mol. The number of halogens is 3. The minimum Gasteiger partial charge on any atom is -0.369 e. The van der Waals surface area contributed by atoms with Crippen LogP contribution in [0.15, 0.2) is 29.2 Å². The molecule has 0 bridgehead atoms. The number of nitrogens with one attached hydrogen (secondary N) is 1. The SMILES string of the molecule is O=C1COCC2(CN(C(=O)N3CC4(CC(Cc5ccc(S(=O)(=O)C(F)(F)F)cc5)C4)C3)C2)N1. The lowest BCUT2D eigenvalue weighted by atomic mass is 9.56. The average molecular weight is 488 g/mol. The molecule has 4 aliphatic rings. The molecule has 2 spiro atoms. The molecule has 1 aromatic carbocycles. The van der Waals surface area contributed by atoms with E-state index in [1.807, 2.05) is 4.90 Å². The molecule has 0 aromatic heterocycles. The Hall–Kier alpha value is -2.34. The van der Waals surface area contributed by atoms with Gasteiger partial charge in [-0.1, -0.05) is 12.1 Å². The number of carbonyl (C=O) groups is 2. The van der Waals surface area contributed by atoms with Gasteiger partial charge in [0.25, 0.3) is 9.84 Å². The maximum atomic E-state index is 12.7. The molecule has 1 aromatic rings. The normalized spacial score (nSPS) is 24.2. The van der Waals surface area contributed by atoms with Crippen LogP contribution in [-0.2, 0) is 25.8 Å². The number of amides is 3. The van der Waals surface area contributed by atoms with Crippen molar-refractivity contribution in [2.24, 2.45) is 11.3 Å². The van der Waals surface area contributed by atoms with Gasteiger partial charge in [0.2, 0.25) is 5.91 Å². The maximum Gasteiger partial charge on any atom is 0.501 e. The van der Waals surface area contributed by atoms with Crippen LogP contribution in [0.4, 0.5) is 18.0 Å². The van der Waals surface area contributed by atoms with Gasteiger partial charge in [-0.05, 0) is 42.9 Å². The number of rotatable bonds is 3. The quantitative estimate of drug-likeness (QED) is 0.698. The van der Waals surface area contributed by atoms with E-state index >= 15 is 0 Å². The topological polar surface area (TPSA) is 96.0 Å². The van der Waals surface area contributed by atoms with Crippen molar-refractivity contribution in [1.29, 1.82) is 0 Å². The van der Waals surface area contributed by atoms with Crippen molar-refractivity contribution >= 4 is 21.8 Å². The van der Waals surface area contributed by atoms with Crippen LogP contribution in [0.1, 0.15) is 18.4 Å². The summed E-state index contributed by atoms with van der Waals surface area (Å²) in [5.74, 6) is 0.197. The number of sulfone groups is 1. The summed E-state index contributed by atoms with van der Waals surface area (Å²) in [6.45, 7) is 2.72. The highest BCUT2D eigenvalue weighted by Gasteiger charge is 2.56. The molecule has 0 atom stereocenters. The summed E-state index contributed by atoms with van der Waals surface area (Å²) < 4.78 is 66.2. The number of likely N-dealkylation sites (tertiary alicyclic amines) is 2. The molecule has 0 radical (unpaired) electrons. The van der Waals surface area contributed by atoms with Crippen LogP contribution in [0.3, 0.4) is 0 Å². The predicted octanol–water partition coefficient (Wildman–Crippen LogP) is 1.56. The molecule has 1 aliphatic carbocycles. The van der Waals surface area contributed by atoms with E-state index in [1.165, 1.54) is 12.1 Å². The number of alkyl halides is 3. The van der Waals surface area contributed by atoms with Crippen LogP contribution in [0.25, 0.3) is 0 Å². The lowest BCUT2D eigenvalue weighted by molar-refractivity contribution is -0.142. The van der Waals surface area contributed by atoms with Crippen molar-refractivity contribution in [3.05, 3.63) is 29.8 Å².